The highest BCUT2D eigenvalue weighted by Gasteiger charge is 2.05. The van der Waals surface area contributed by atoms with Gasteiger partial charge in [-0.2, -0.15) is 5.26 Å². The quantitative estimate of drug-likeness (QED) is 0.779. The van der Waals surface area contributed by atoms with Crippen LogP contribution >= 0.6 is 0 Å². The van der Waals surface area contributed by atoms with Gasteiger partial charge in [0.05, 0.1) is 0 Å². The molecular weight excluding hydrogens is 318 g/mol. The van der Waals surface area contributed by atoms with E-state index in [9.17, 15) is 8.78 Å². The van der Waals surface area contributed by atoms with Crippen molar-refractivity contribution in [1.29, 1.82) is 5.26 Å². The van der Waals surface area contributed by atoms with Crippen LogP contribution in [0.4, 0.5) is 8.78 Å². The fourth-order valence-corrected chi connectivity index (χ4v) is 2.58. The molecular formula is C21H20F2N2. The summed E-state index contributed by atoms with van der Waals surface area (Å²) in [7, 11) is 1.72. The number of hydrogen-bond donors (Lipinski definition) is 1. The summed E-state index contributed by atoms with van der Waals surface area (Å²) in [6, 6.07) is 11.5. The van der Waals surface area contributed by atoms with Crippen molar-refractivity contribution in [3.8, 4) is 6.07 Å². The van der Waals surface area contributed by atoms with E-state index >= 15 is 0 Å². The van der Waals surface area contributed by atoms with Crippen LogP contribution in [0.5, 0.6) is 0 Å². The van der Waals surface area contributed by atoms with Crippen LogP contribution in [0.1, 0.15) is 29.2 Å². The van der Waals surface area contributed by atoms with Crippen LogP contribution in [-0.2, 0) is 6.42 Å². The average Bonchev–Trinajstić information content (AvgIpc) is 2.60. The molecule has 0 bridgehead atoms. The van der Waals surface area contributed by atoms with E-state index in [0.29, 0.717) is 17.7 Å². The first kappa shape index (κ1) is 18.4. The second-order valence-corrected chi connectivity index (χ2v) is 5.78. The Morgan fingerprint density at radius 1 is 1.20 bits per heavy atom. The molecule has 0 atom stereocenters. The Kier molecular flexibility index (Phi) is 6.08. The Labute approximate surface area is 147 Å². The molecule has 4 heteroatoms. The Bertz CT molecular complexity index is 874. The third-order valence-corrected chi connectivity index (χ3v) is 4.08. The molecule has 2 rings (SSSR count). The van der Waals surface area contributed by atoms with Crippen LogP contribution in [-0.4, -0.2) is 7.05 Å². The van der Waals surface area contributed by atoms with Crippen LogP contribution in [0.3, 0.4) is 0 Å². The lowest BCUT2D eigenvalue weighted by atomic mass is 9.99. The van der Waals surface area contributed by atoms with Crippen LogP contribution in [0.2, 0.25) is 0 Å². The monoisotopic (exact) mass is 338 g/mol. The van der Waals surface area contributed by atoms with Gasteiger partial charge in [-0.3, -0.25) is 0 Å². The molecule has 0 aliphatic carbocycles. The molecule has 0 heterocycles. The second-order valence-electron chi connectivity index (χ2n) is 5.78. The maximum absolute atomic E-state index is 13.6. The molecule has 0 aliphatic rings. The second kappa shape index (κ2) is 8.25. The van der Waals surface area contributed by atoms with Crippen molar-refractivity contribution >= 4 is 11.6 Å². The van der Waals surface area contributed by atoms with Crippen molar-refractivity contribution in [2.45, 2.75) is 20.3 Å². The lowest BCUT2D eigenvalue weighted by Crippen LogP contribution is -2.05. The molecule has 0 unspecified atom stereocenters. The van der Waals surface area contributed by atoms with Crippen molar-refractivity contribution in [1.82, 2.24) is 5.32 Å². The number of nitriles is 1. The van der Waals surface area contributed by atoms with Gasteiger partial charge in [0, 0.05) is 7.05 Å². The third kappa shape index (κ3) is 4.54. The van der Waals surface area contributed by atoms with E-state index in [1.54, 1.807) is 7.05 Å². The van der Waals surface area contributed by atoms with Gasteiger partial charge in [-0.25, -0.2) is 8.78 Å². The van der Waals surface area contributed by atoms with Gasteiger partial charge in [-0.1, -0.05) is 30.4 Å². The van der Waals surface area contributed by atoms with Gasteiger partial charge in [-0.05, 0) is 66.3 Å². The average molecular weight is 338 g/mol. The van der Waals surface area contributed by atoms with Gasteiger partial charge < -0.3 is 5.32 Å². The molecule has 0 aromatic heterocycles. The van der Waals surface area contributed by atoms with Gasteiger partial charge in [-0.15, -0.1) is 0 Å². The third-order valence-electron chi connectivity index (χ3n) is 4.08. The standard InChI is InChI=1S/C21H20F2N2/c1-14-11-17(15(2)21(13-24)25-3)8-7-16(14)5-4-6-18-12-19(22)9-10-20(18)23/h4-5,7-12,25H,6H2,1-3H3/b5-4-,21-15+. The lowest BCUT2D eigenvalue weighted by molar-refractivity contribution is 0.589. The minimum atomic E-state index is -0.439. The van der Waals surface area contributed by atoms with E-state index in [-0.39, 0.29) is 0 Å². The number of benzene rings is 2. The SMILES string of the molecule is CN/C(C#N)=C(\C)c1ccc(/C=C\Cc2cc(F)ccc2F)c(C)c1. The van der Waals surface area contributed by atoms with E-state index in [4.69, 9.17) is 5.26 Å². The molecule has 2 aromatic carbocycles. The highest BCUT2D eigenvalue weighted by Crippen LogP contribution is 2.21. The topological polar surface area (TPSA) is 35.8 Å². The van der Waals surface area contributed by atoms with E-state index in [1.807, 2.05) is 44.2 Å². The number of aryl methyl sites for hydroxylation is 1. The van der Waals surface area contributed by atoms with Crippen LogP contribution < -0.4 is 5.32 Å². The first-order valence-corrected chi connectivity index (χ1v) is 7.96. The van der Waals surface area contributed by atoms with E-state index < -0.39 is 11.6 Å². The molecule has 128 valence electrons. The molecule has 0 fully saturated rings. The molecule has 2 aromatic rings. The first-order chi connectivity index (χ1) is 12.0. The van der Waals surface area contributed by atoms with Crippen LogP contribution in [0, 0.1) is 29.9 Å². The summed E-state index contributed by atoms with van der Waals surface area (Å²) in [4.78, 5) is 0. The van der Waals surface area contributed by atoms with E-state index in [0.717, 1.165) is 34.4 Å². The number of nitrogens with zero attached hydrogens (tertiary/aromatic N) is 1. The normalized spacial score (nSPS) is 12.0. The molecule has 0 saturated heterocycles. The lowest BCUT2D eigenvalue weighted by Gasteiger charge is -2.08. The van der Waals surface area contributed by atoms with Gasteiger partial charge in [0.25, 0.3) is 0 Å². The molecule has 2 nitrogen and oxygen atoms in total. The zero-order chi connectivity index (χ0) is 18.4. The fraction of sp³-hybridized carbons (Fsp3) is 0.190. The van der Waals surface area contributed by atoms with Crippen molar-refractivity contribution in [3.05, 3.63) is 82.1 Å². The molecule has 0 amide bonds. The summed E-state index contributed by atoms with van der Waals surface area (Å²) in [6.45, 7) is 3.87. The zero-order valence-corrected chi connectivity index (χ0v) is 14.5. The molecule has 1 N–H and O–H groups in total. The number of hydrogen-bond acceptors (Lipinski definition) is 2. The number of rotatable bonds is 5. The minimum Gasteiger partial charge on any atom is -0.379 e. The molecule has 0 saturated carbocycles. The van der Waals surface area contributed by atoms with Crippen molar-refractivity contribution in [2.24, 2.45) is 0 Å². The molecule has 0 spiro atoms. The smallest absolute Gasteiger partial charge is 0.126 e. The van der Waals surface area contributed by atoms with Gasteiger partial charge in [0.2, 0.25) is 0 Å². The van der Waals surface area contributed by atoms with Crippen LogP contribution in [0.25, 0.3) is 11.6 Å². The highest BCUT2D eigenvalue weighted by molar-refractivity contribution is 5.71. The first-order valence-electron chi connectivity index (χ1n) is 7.96. The Hall–Kier alpha value is -2.93. The highest BCUT2D eigenvalue weighted by atomic mass is 19.1. The predicted octanol–water partition coefficient (Wildman–Crippen LogP) is 5.00. The van der Waals surface area contributed by atoms with Crippen LogP contribution in [0.15, 0.2) is 48.2 Å². The van der Waals surface area contributed by atoms with Crippen molar-refractivity contribution in [2.75, 3.05) is 7.05 Å². The Balaban J connectivity index is 2.20. The Morgan fingerprint density at radius 2 is 1.96 bits per heavy atom. The predicted molar refractivity (Wildman–Crippen MR) is 97.5 cm³/mol. The van der Waals surface area contributed by atoms with Crippen molar-refractivity contribution in [3.63, 3.8) is 0 Å². The number of nitrogens with one attached hydrogen (secondary N) is 1. The number of allylic oxidation sites excluding steroid dienone is 3. The molecule has 0 radical (unpaired) electrons. The fourth-order valence-electron chi connectivity index (χ4n) is 2.58. The summed E-state index contributed by atoms with van der Waals surface area (Å²) in [6.07, 6.45) is 4.03. The molecule has 0 aliphatic heterocycles. The van der Waals surface area contributed by atoms with E-state index in [1.165, 1.54) is 6.07 Å². The summed E-state index contributed by atoms with van der Waals surface area (Å²) >= 11 is 0. The maximum atomic E-state index is 13.6. The van der Waals surface area contributed by atoms with Gasteiger partial charge in [0.1, 0.15) is 23.4 Å². The van der Waals surface area contributed by atoms with Crippen molar-refractivity contribution < 1.29 is 8.78 Å². The Morgan fingerprint density at radius 3 is 2.60 bits per heavy atom. The summed E-state index contributed by atoms with van der Waals surface area (Å²) < 4.78 is 26.8. The van der Waals surface area contributed by atoms with Gasteiger partial charge in [0.15, 0.2) is 0 Å². The summed E-state index contributed by atoms with van der Waals surface area (Å²) in [5, 5.41) is 12.0. The largest absolute Gasteiger partial charge is 0.379 e. The zero-order valence-electron chi connectivity index (χ0n) is 14.5. The maximum Gasteiger partial charge on any atom is 0.126 e. The number of halogens is 2. The van der Waals surface area contributed by atoms with E-state index in [2.05, 4.69) is 11.4 Å². The van der Waals surface area contributed by atoms with Gasteiger partial charge >= 0.3 is 0 Å². The summed E-state index contributed by atoms with van der Waals surface area (Å²) in [5.41, 5.74) is 4.75. The summed E-state index contributed by atoms with van der Waals surface area (Å²) in [5.74, 6) is -0.847. The molecule has 25 heavy (non-hydrogen) atoms. The minimum absolute atomic E-state index is 0.321.